The maximum atomic E-state index is 13.4. The molecular weight excluding hydrogens is 454 g/mol. The minimum absolute atomic E-state index is 0.0616. The van der Waals surface area contributed by atoms with Crippen LogP contribution in [0.2, 0.25) is 0 Å². The summed E-state index contributed by atoms with van der Waals surface area (Å²) in [4.78, 5) is 28.1. The lowest BCUT2D eigenvalue weighted by atomic mass is 10.1. The zero-order chi connectivity index (χ0) is 24.6. The van der Waals surface area contributed by atoms with Crippen LogP contribution >= 0.6 is 0 Å². The molecule has 1 heterocycles. The van der Waals surface area contributed by atoms with Gasteiger partial charge in [0.05, 0.1) is 24.2 Å². The normalized spacial score (nSPS) is 12.2. The summed E-state index contributed by atoms with van der Waals surface area (Å²) in [5.74, 6) is -0.283. The topological polar surface area (TPSA) is 109 Å². The molecule has 1 atom stereocenters. The van der Waals surface area contributed by atoms with Crippen LogP contribution in [0.3, 0.4) is 0 Å². The van der Waals surface area contributed by atoms with Crippen molar-refractivity contribution in [2.24, 2.45) is 0 Å². The first-order valence-electron chi connectivity index (χ1n) is 11.1. The molecule has 0 bridgehead atoms. The number of nitrogens with one attached hydrogen (secondary N) is 2. The van der Waals surface area contributed by atoms with Gasteiger partial charge in [-0.1, -0.05) is 49.7 Å². The van der Waals surface area contributed by atoms with Gasteiger partial charge in [-0.15, -0.1) is 0 Å². The quantitative estimate of drug-likeness (QED) is 0.435. The van der Waals surface area contributed by atoms with Gasteiger partial charge in [0, 0.05) is 5.69 Å². The second-order valence-corrected chi connectivity index (χ2v) is 9.56. The number of nitrogens with zero attached hydrogens (tertiary/aromatic N) is 1. The van der Waals surface area contributed by atoms with E-state index < -0.39 is 28.5 Å². The third-order valence-corrected chi connectivity index (χ3v) is 6.72. The van der Waals surface area contributed by atoms with Crippen LogP contribution in [0.1, 0.15) is 31.1 Å². The molecule has 3 aromatic rings. The summed E-state index contributed by atoms with van der Waals surface area (Å²) in [5, 5.41) is 2.83. The number of carbonyl (C=O) groups excluding carboxylic acids is 2. The number of para-hydroxylation sites is 1. The van der Waals surface area contributed by atoms with Gasteiger partial charge >= 0.3 is 0 Å². The Bertz CT molecular complexity index is 1190. The molecule has 0 spiro atoms. The van der Waals surface area contributed by atoms with Crippen molar-refractivity contribution in [3.63, 3.8) is 0 Å². The smallest absolute Gasteiger partial charge is 0.243 e. The fourth-order valence-corrected chi connectivity index (χ4v) is 4.59. The van der Waals surface area contributed by atoms with Crippen molar-refractivity contribution >= 4 is 27.5 Å². The van der Waals surface area contributed by atoms with Crippen LogP contribution in [0.5, 0.6) is 0 Å². The summed E-state index contributed by atoms with van der Waals surface area (Å²) in [6, 6.07) is 17.7. The monoisotopic (exact) mass is 483 g/mol. The van der Waals surface area contributed by atoms with Gasteiger partial charge in [0.25, 0.3) is 0 Å². The molecule has 2 amide bonds. The molecule has 0 radical (unpaired) electrons. The molecule has 8 nitrogen and oxygen atoms in total. The lowest BCUT2D eigenvalue weighted by molar-refractivity contribution is -0.126. The van der Waals surface area contributed by atoms with E-state index in [1.54, 1.807) is 42.5 Å². The second-order valence-electron chi connectivity index (χ2n) is 7.79. The molecule has 180 valence electrons. The third kappa shape index (κ3) is 6.33. The molecule has 0 aliphatic heterocycles. The average molecular weight is 484 g/mol. The highest BCUT2D eigenvalue weighted by Crippen LogP contribution is 2.24. The van der Waals surface area contributed by atoms with Gasteiger partial charge in [-0.3, -0.25) is 14.5 Å². The Hall–Kier alpha value is -3.43. The van der Waals surface area contributed by atoms with Gasteiger partial charge in [0.2, 0.25) is 21.8 Å². The summed E-state index contributed by atoms with van der Waals surface area (Å²) in [6.07, 6.45) is 2.56. The van der Waals surface area contributed by atoms with Crippen LogP contribution in [0.25, 0.3) is 0 Å². The third-order valence-electron chi connectivity index (χ3n) is 5.30. The molecule has 34 heavy (non-hydrogen) atoms. The first kappa shape index (κ1) is 25.2. The lowest BCUT2D eigenvalue weighted by Crippen LogP contribution is -2.52. The Kier molecular flexibility index (Phi) is 8.61. The molecule has 0 fully saturated rings. The Morgan fingerprint density at radius 2 is 1.71 bits per heavy atom. The van der Waals surface area contributed by atoms with E-state index in [4.69, 9.17) is 4.42 Å². The minimum atomic E-state index is -3.89. The van der Waals surface area contributed by atoms with Crippen molar-refractivity contribution in [3.8, 4) is 0 Å². The number of carbonyl (C=O) groups is 2. The predicted molar refractivity (Wildman–Crippen MR) is 130 cm³/mol. The van der Waals surface area contributed by atoms with Gasteiger partial charge in [-0.25, -0.2) is 13.1 Å². The highest BCUT2D eigenvalue weighted by Gasteiger charge is 2.32. The number of amides is 2. The van der Waals surface area contributed by atoms with E-state index >= 15 is 0 Å². The highest BCUT2D eigenvalue weighted by molar-refractivity contribution is 7.89. The van der Waals surface area contributed by atoms with Crippen molar-refractivity contribution in [2.45, 2.75) is 44.2 Å². The first-order chi connectivity index (χ1) is 16.3. The Labute approximate surface area is 200 Å². The van der Waals surface area contributed by atoms with Gasteiger partial charge in [-0.2, -0.15) is 0 Å². The summed E-state index contributed by atoms with van der Waals surface area (Å²) in [6.45, 7) is 3.46. The van der Waals surface area contributed by atoms with Gasteiger partial charge in [0.1, 0.15) is 11.8 Å². The fraction of sp³-hybridized carbons (Fsp3) is 0.280. The van der Waals surface area contributed by atoms with Crippen molar-refractivity contribution in [2.75, 3.05) is 11.4 Å². The number of hydrogen-bond acceptors (Lipinski definition) is 5. The Morgan fingerprint density at radius 1 is 1.00 bits per heavy atom. The number of aryl methyl sites for hydroxylation is 1. The zero-order valence-electron chi connectivity index (χ0n) is 19.2. The van der Waals surface area contributed by atoms with Gasteiger partial charge < -0.3 is 9.73 Å². The Morgan fingerprint density at radius 3 is 2.35 bits per heavy atom. The molecule has 2 N–H and O–H groups in total. The molecular formula is C25H29N3O5S. The van der Waals surface area contributed by atoms with Gasteiger partial charge in [0.15, 0.2) is 0 Å². The molecule has 1 unspecified atom stereocenters. The molecule has 0 saturated heterocycles. The van der Waals surface area contributed by atoms with E-state index in [1.807, 2.05) is 26.0 Å². The van der Waals surface area contributed by atoms with Crippen molar-refractivity contribution in [1.82, 2.24) is 10.0 Å². The molecule has 9 heteroatoms. The molecule has 0 saturated carbocycles. The summed E-state index contributed by atoms with van der Waals surface area (Å²) in [7, 11) is -3.89. The number of benzene rings is 2. The van der Waals surface area contributed by atoms with E-state index in [2.05, 4.69) is 10.0 Å². The molecule has 2 aromatic carbocycles. The van der Waals surface area contributed by atoms with E-state index in [0.717, 1.165) is 5.56 Å². The molecule has 1 aromatic heterocycles. The van der Waals surface area contributed by atoms with E-state index in [1.165, 1.54) is 23.3 Å². The van der Waals surface area contributed by atoms with E-state index in [9.17, 15) is 18.0 Å². The molecule has 0 aliphatic carbocycles. The molecule has 0 aliphatic rings. The first-order valence-corrected chi connectivity index (χ1v) is 12.5. The summed E-state index contributed by atoms with van der Waals surface area (Å²) < 4.78 is 33.0. The van der Waals surface area contributed by atoms with Crippen molar-refractivity contribution in [3.05, 3.63) is 84.3 Å². The van der Waals surface area contributed by atoms with Gasteiger partial charge in [-0.05, 0) is 49.2 Å². The number of hydrogen-bond donors (Lipinski definition) is 2. The van der Waals surface area contributed by atoms with Crippen molar-refractivity contribution in [1.29, 1.82) is 0 Å². The lowest BCUT2D eigenvalue weighted by Gasteiger charge is -2.32. The van der Waals surface area contributed by atoms with Crippen molar-refractivity contribution < 1.29 is 22.4 Å². The SMILES string of the molecule is CCCC(C(=O)NCc1ccco1)N(C(=O)CNS(=O)(=O)c1ccccc1)c1ccccc1C. The Balaban J connectivity index is 1.86. The second kappa shape index (κ2) is 11.6. The highest BCUT2D eigenvalue weighted by atomic mass is 32.2. The van der Waals surface area contributed by atoms with Crippen LogP contribution in [0.15, 0.2) is 82.3 Å². The fourth-order valence-electron chi connectivity index (χ4n) is 3.59. The average Bonchev–Trinajstić information content (AvgIpc) is 3.36. The summed E-state index contributed by atoms with van der Waals surface area (Å²) in [5.41, 5.74) is 1.35. The minimum Gasteiger partial charge on any atom is -0.467 e. The van der Waals surface area contributed by atoms with Crippen LogP contribution in [0.4, 0.5) is 5.69 Å². The summed E-state index contributed by atoms with van der Waals surface area (Å²) >= 11 is 0. The molecule has 3 rings (SSSR count). The predicted octanol–water partition coefficient (Wildman–Crippen LogP) is 3.38. The maximum Gasteiger partial charge on any atom is 0.243 e. The number of rotatable bonds is 11. The maximum absolute atomic E-state index is 13.4. The van der Waals surface area contributed by atoms with Crippen LogP contribution in [-0.4, -0.2) is 32.8 Å². The number of anilines is 1. The van der Waals surface area contributed by atoms with E-state index in [-0.39, 0.29) is 17.3 Å². The van der Waals surface area contributed by atoms with E-state index in [0.29, 0.717) is 24.3 Å². The van der Waals surface area contributed by atoms with Crippen LogP contribution in [0, 0.1) is 6.92 Å². The standard InChI is InChI=1S/C25H29N3O5S/c1-3-10-23(25(30)26-17-20-12-9-16-33-20)28(22-15-8-7-11-19(22)2)24(29)18-27-34(31,32)21-13-5-4-6-14-21/h4-9,11-16,23,27H,3,10,17-18H2,1-2H3,(H,26,30). The zero-order valence-corrected chi connectivity index (χ0v) is 20.0. The van der Waals surface area contributed by atoms with Crippen LogP contribution < -0.4 is 14.9 Å². The largest absolute Gasteiger partial charge is 0.467 e. The number of sulfonamides is 1. The van der Waals surface area contributed by atoms with Crippen LogP contribution in [-0.2, 0) is 26.2 Å². The number of furan rings is 1.